The van der Waals surface area contributed by atoms with Gasteiger partial charge in [0, 0.05) is 25.3 Å². The number of benzene rings is 2. The molecular formula is C14H14ClN. The van der Waals surface area contributed by atoms with Crippen molar-refractivity contribution < 1.29 is 0 Å². The van der Waals surface area contributed by atoms with Crippen molar-refractivity contribution in [2.24, 2.45) is 0 Å². The number of hydrogen-bond donors (Lipinski definition) is 0. The largest absolute Gasteiger partial charge is 0.377 e. The van der Waals surface area contributed by atoms with Crippen molar-refractivity contribution in [3.8, 4) is 11.1 Å². The minimum Gasteiger partial charge on any atom is -0.377 e. The lowest BCUT2D eigenvalue weighted by Crippen LogP contribution is -2.10. The molecular weight excluding hydrogens is 218 g/mol. The number of rotatable bonds is 2. The van der Waals surface area contributed by atoms with Crippen LogP contribution in [0.2, 0.25) is 5.02 Å². The lowest BCUT2D eigenvalue weighted by Gasteiger charge is -2.18. The molecule has 0 fully saturated rings. The summed E-state index contributed by atoms with van der Waals surface area (Å²) in [5.74, 6) is 0. The lowest BCUT2D eigenvalue weighted by molar-refractivity contribution is 1.13. The highest BCUT2D eigenvalue weighted by atomic mass is 35.5. The molecule has 16 heavy (non-hydrogen) atoms. The van der Waals surface area contributed by atoms with Crippen LogP contribution in [0, 0.1) is 0 Å². The molecule has 0 aromatic heterocycles. The SMILES string of the molecule is CN(C)c1cccc(Cl)c1-c1ccccc1. The molecule has 0 aliphatic rings. The average molecular weight is 232 g/mol. The van der Waals surface area contributed by atoms with E-state index in [9.17, 15) is 0 Å². The van der Waals surface area contributed by atoms with Gasteiger partial charge in [-0.2, -0.15) is 0 Å². The van der Waals surface area contributed by atoms with Gasteiger partial charge in [-0.1, -0.05) is 48.0 Å². The molecule has 1 nitrogen and oxygen atoms in total. The van der Waals surface area contributed by atoms with E-state index in [0.717, 1.165) is 21.8 Å². The number of halogens is 1. The monoisotopic (exact) mass is 231 g/mol. The van der Waals surface area contributed by atoms with E-state index in [1.807, 2.05) is 44.4 Å². The molecule has 2 heteroatoms. The summed E-state index contributed by atoms with van der Waals surface area (Å²) in [6.45, 7) is 0. The summed E-state index contributed by atoms with van der Waals surface area (Å²) >= 11 is 6.28. The topological polar surface area (TPSA) is 3.24 Å². The van der Waals surface area contributed by atoms with Crippen LogP contribution < -0.4 is 4.90 Å². The molecule has 0 bridgehead atoms. The van der Waals surface area contributed by atoms with Crippen molar-refractivity contribution in [3.05, 3.63) is 53.6 Å². The first-order valence-corrected chi connectivity index (χ1v) is 5.59. The van der Waals surface area contributed by atoms with Crippen LogP contribution in [0.15, 0.2) is 48.5 Å². The Morgan fingerprint density at radius 1 is 0.875 bits per heavy atom. The zero-order valence-electron chi connectivity index (χ0n) is 9.44. The van der Waals surface area contributed by atoms with Gasteiger partial charge in [0.15, 0.2) is 0 Å². The molecule has 2 rings (SSSR count). The Labute approximate surface area is 101 Å². The van der Waals surface area contributed by atoms with Crippen molar-refractivity contribution in [1.29, 1.82) is 0 Å². The molecule has 0 spiro atoms. The highest BCUT2D eigenvalue weighted by molar-refractivity contribution is 6.34. The van der Waals surface area contributed by atoms with Gasteiger partial charge < -0.3 is 4.90 Å². The summed E-state index contributed by atoms with van der Waals surface area (Å²) < 4.78 is 0. The number of nitrogens with zero attached hydrogens (tertiary/aromatic N) is 1. The average Bonchev–Trinajstić information content (AvgIpc) is 2.29. The van der Waals surface area contributed by atoms with E-state index in [2.05, 4.69) is 23.1 Å². The normalized spacial score (nSPS) is 10.2. The second-order valence-corrected chi connectivity index (χ2v) is 4.30. The quantitative estimate of drug-likeness (QED) is 0.753. The van der Waals surface area contributed by atoms with Crippen molar-refractivity contribution in [1.82, 2.24) is 0 Å². The van der Waals surface area contributed by atoms with Crippen LogP contribution in [-0.2, 0) is 0 Å². The fourth-order valence-electron chi connectivity index (χ4n) is 1.78. The highest BCUT2D eigenvalue weighted by Gasteiger charge is 2.09. The Bertz CT molecular complexity index is 477. The molecule has 0 heterocycles. The van der Waals surface area contributed by atoms with Crippen LogP contribution >= 0.6 is 11.6 Å². The first-order chi connectivity index (χ1) is 7.70. The molecule has 0 aliphatic carbocycles. The van der Waals surface area contributed by atoms with Gasteiger partial charge in [0.05, 0.1) is 5.02 Å². The van der Waals surface area contributed by atoms with E-state index in [1.165, 1.54) is 0 Å². The van der Waals surface area contributed by atoms with E-state index in [-0.39, 0.29) is 0 Å². The minimum atomic E-state index is 0.789. The molecule has 82 valence electrons. The summed E-state index contributed by atoms with van der Waals surface area (Å²) in [6.07, 6.45) is 0. The van der Waals surface area contributed by atoms with E-state index < -0.39 is 0 Å². The molecule has 2 aromatic rings. The summed E-state index contributed by atoms with van der Waals surface area (Å²) in [5.41, 5.74) is 3.38. The third-order valence-corrected chi connectivity index (χ3v) is 2.85. The van der Waals surface area contributed by atoms with Crippen LogP contribution in [0.5, 0.6) is 0 Å². The maximum Gasteiger partial charge on any atom is 0.0505 e. The van der Waals surface area contributed by atoms with Crippen LogP contribution in [-0.4, -0.2) is 14.1 Å². The molecule has 0 N–H and O–H groups in total. The maximum absolute atomic E-state index is 6.28. The van der Waals surface area contributed by atoms with Gasteiger partial charge in [-0.25, -0.2) is 0 Å². The smallest absolute Gasteiger partial charge is 0.0505 e. The summed E-state index contributed by atoms with van der Waals surface area (Å²) in [6, 6.07) is 16.2. The predicted molar refractivity (Wildman–Crippen MR) is 71.2 cm³/mol. The fourth-order valence-corrected chi connectivity index (χ4v) is 2.05. The van der Waals surface area contributed by atoms with Crippen molar-refractivity contribution >= 4 is 17.3 Å². The summed E-state index contributed by atoms with van der Waals surface area (Å²) in [4.78, 5) is 2.08. The van der Waals surface area contributed by atoms with Gasteiger partial charge >= 0.3 is 0 Å². The van der Waals surface area contributed by atoms with Crippen LogP contribution in [0.25, 0.3) is 11.1 Å². The molecule has 2 aromatic carbocycles. The molecule has 0 saturated carbocycles. The molecule has 0 unspecified atom stereocenters. The minimum absolute atomic E-state index is 0.789. The zero-order valence-corrected chi connectivity index (χ0v) is 10.2. The standard InChI is InChI=1S/C14H14ClN/c1-16(2)13-10-6-9-12(15)14(13)11-7-4-3-5-8-11/h3-10H,1-2H3. The third kappa shape index (κ3) is 2.05. The highest BCUT2D eigenvalue weighted by Crippen LogP contribution is 2.35. The molecule has 0 saturated heterocycles. The third-order valence-electron chi connectivity index (χ3n) is 2.54. The van der Waals surface area contributed by atoms with Gasteiger partial charge in [-0.05, 0) is 17.7 Å². The van der Waals surface area contributed by atoms with Gasteiger partial charge in [0.25, 0.3) is 0 Å². The lowest BCUT2D eigenvalue weighted by atomic mass is 10.0. The summed E-state index contributed by atoms with van der Waals surface area (Å²) in [5, 5.41) is 0.789. The zero-order chi connectivity index (χ0) is 11.5. The van der Waals surface area contributed by atoms with Gasteiger partial charge in [0.1, 0.15) is 0 Å². The molecule has 0 radical (unpaired) electrons. The Hall–Kier alpha value is -1.47. The van der Waals surface area contributed by atoms with Crippen LogP contribution in [0.1, 0.15) is 0 Å². The van der Waals surface area contributed by atoms with Crippen molar-refractivity contribution in [3.63, 3.8) is 0 Å². The Kier molecular flexibility index (Phi) is 3.16. The van der Waals surface area contributed by atoms with E-state index >= 15 is 0 Å². The van der Waals surface area contributed by atoms with Crippen molar-refractivity contribution in [2.75, 3.05) is 19.0 Å². The molecule has 0 amide bonds. The predicted octanol–water partition coefficient (Wildman–Crippen LogP) is 4.07. The second-order valence-electron chi connectivity index (χ2n) is 3.89. The maximum atomic E-state index is 6.28. The van der Waals surface area contributed by atoms with E-state index in [1.54, 1.807) is 0 Å². The van der Waals surface area contributed by atoms with Gasteiger partial charge in [-0.3, -0.25) is 0 Å². The van der Waals surface area contributed by atoms with Crippen molar-refractivity contribution in [2.45, 2.75) is 0 Å². The van der Waals surface area contributed by atoms with Crippen LogP contribution in [0.3, 0.4) is 0 Å². The molecule has 0 aliphatic heterocycles. The Balaban J connectivity index is 2.64. The van der Waals surface area contributed by atoms with Gasteiger partial charge in [0.2, 0.25) is 0 Å². The van der Waals surface area contributed by atoms with Gasteiger partial charge in [-0.15, -0.1) is 0 Å². The fraction of sp³-hybridized carbons (Fsp3) is 0.143. The Morgan fingerprint density at radius 3 is 2.19 bits per heavy atom. The molecule has 0 atom stereocenters. The second kappa shape index (κ2) is 4.58. The summed E-state index contributed by atoms with van der Waals surface area (Å²) in [7, 11) is 4.05. The Morgan fingerprint density at radius 2 is 1.56 bits per heavy atom. The van der Waals surface area contributed by atoms with E-state index in [0.29, 0.717) is 0 Å². The number of hydrogen-bond acceptors (Lipinski definition) is 1. The first kappa shape index (κ1) is 11.0. The number of anilines is 1. The first-order valence-electron chi connectivity index (χ1n) is 5.21. The van der Waals surface area contributed by atoms with E-state index in [4.69, 9.17) is 11.6 Å². The van der Waals surface area contributed by atoms with Crippen LogP contribution in [0.4, 0.5) is 5.69 Å².